The van der Waals surface area contributed by atoms with Gasteiger partial charge < -0.3 is 10.1 Å². The summed E-state index contributed by atoms with van der Waals surface area (Å²) in [5.41, 5.74) is 0.831. The van der Waals surface area contributed by atoms with Crippen molar-refractivity contribution in [3.8, 4) is 0 Å². The van der Waals surface area contributed by atoms with Gasteiger partial charge in [0.05, 0.1) is 12.4 Å². The maximum atomic E-state index is 12.4. The average Bonchev–Trinajstić information content (AvgIpc) is 2.39. The van der Waals surface area contributed by atoms with Gasteiger partial charge in [-0.1, -0.05) is 30.3 Å². The quantitative estimate of drug-likeness (QED) is 0.885. The van der Waals surface area contributed by atoms with E-state index in [9.17, 15) is 8.42 Å². The lowest BCUT2D eigenvalue weighted by Gasteiger charge is -2.30. The molecule has 0 saturated carbocycles. The summed E-state index contributed by atoms with van der Waals surface area (Å²) in [6, 6.07) is 9.28. The molecule has 0 bridgehead atoms. The van der Waals surface area contributed by atoms with Crippen molar-refractivity contribution in [3.05, 3.63) is 35.9 Å². The molecule has 1 aromatic carbocycles. The van der Waals surface area contributed by atoms with Crippen molar-refractivity contribution >= 4 is 9.84 Å². The van der Waals surface area contributed by atoms with Crippen LogP contribution in [0.1, 0.15) is 12.0 Å². The van der Waals surface area contributed by atoms with E-state index in [1.54, 1.807) is 7.05 Å². The summed E-state index contributed by atoms with van der Waals surface area (Å²) in [5.74, 6) is 0.0834. The fourth-order valence-corrected chi connectivity index (χ4v) is 4.26. The summed E-state index contributed by atoms with van der Waals surface area (Å²) >= 11 is 0. The summed E-state index contributed by atoms with van der Waals surface area (Å²) in [7, 11) is -1.38. The molecule has 1 N–H and O–H groups in total. The standard InChI is InChI=1S/C13H19NO3S/c1-14-12-7-8-17-9-13(12)18(15,16)10-11-5-3-2-4-6-11/h2-6,12-14H,7-10H2,1H3. The lowest BCUT2D eigenvalue weighted by molar-refractivity contribution is 0.0825. The van der Waals surface area contributed by atoms with Gasteiger partial charge in [0.1, 0.15) is 5.25 Å². The maximum Gasteiger partial charge on any atom is 0.161 e. The summed E-state index contributed by atoms with van der Waals surface area (Å²) in [6.45, 7) is 0.920. The van der Waals surface area contributed by atoms with E-state index in [0.717, 1.165) is 12.0 Å². The second kappa shape index (κ2) is 5.82. The van der Waals surface area contributed by atoms with Gasteiger partial charge in [0, 0.05) is 12.6 Å². The first-order valence-corrected chi connectivity index (χ1v) is 7.85. The second-order valence-corrected chi connectivity index (χ2v) is 6.81. The minimum Gasteiger partial charge on any atom is -0.380 e. The highest BCUT2D eigenvalue weighted by atomic mass is 32.2. The van der Waals surface area contributed by atoms with Crippen LogP contribution in [0.25, 0.3) is 0 Å². The second-order valence-electron chi connectivity index (χ2n) is 4.59. The number of rotatable bonds is 4. The molecule has 0 amide bonds. The highest BCUT2D eigenvalue weighted by Crippen LogP contribution is 2.19. The van der Waals surface area contributed by atoms with E-state index >= 15 is 0 Å². The first kappa shape index (κ1) is 13.5. The molecule has 2 unspecified atom stereocenters. The van der Waals surface area contributed by atoms with Gasteiger partial charge >= 0.3 is 0 Å². The van der Waals surface area contributed by atoms with E-state index in [0.29, 0.717) is 13.2 Å². The average molecular weight is 269 g/mol. The van der Waals surface area contributed by atoms with Crippen molar-refractivity contribution < 1.29 is 13.2 Å². The largest absolute Gasteiger partial charge is 0.380 e. The molecule has 0 aromatic heterocycles. The number of sulfone groups is 1. The van der Waals surface area contributed by atoms with E-state index in [4.69, 9.17) is 4.74 Å². The van der Waals surface area contributed by atoms with Gasteiger partial charge in [0.25, 0.3) is 0 Å². The van der Waals surface area contributed by atoms with Crippen molar-refractivity contribution in [2.45, 2.75) is 23.5 Å². The summed E-state index contributed by atoms with van der Waals surface area (Å²) < 4.78 is 30.1. The summed E-state index contributed by atoms with van der Waals surface area (Å²) in [5, 5.41) is 2.64. The van der Waals surface area contributed by atoms with Crippen LogP contribution in [-0.2, 0) is 20.3 Å². The van der Waals surface area contributed by atoms with E-state index in [1.807, 2.05) is 30.3 Å². The van der Waals surface area contributed by atoms with Gasteiger partial charge in [-0.15, -0.1) is 0 Å². The van der Waals surface area contributed by atoms with Crippen LogP contribution in [0.3, 0.4) is 0 Å². The Labute approximate surface area is 108 Å². The highest BCUT2D eigenvalue weighted by molar-refractivity contribution is 7.91. The Morgan fingerprint density at radius 3 is 2.72 bits per heavy atom. The Morgan fingerprint density at radius 2 is 2.06 bits per heavy atom. The number of benzene rings is 1. The Balaban J connectivity index is 2.14. The van der Waals surface area contributed by atoms with Crippen molar-refractivity contribution in [3.63, 3.8) is 0 Å². The number of hydrogen-bond acceptors (Lipinski definition) is 4. The number of nitrogens with one attached hydrogen (secondary N) is 1. The molecular weight excluding hydrogens is 250 g/mol. The van der Waals surface area contributed by atoms with E-state index in [2.05, 4.69) is 5.32 Å². The predicted octanol–water partition coefficient (Wildman–Crippen LogP) is 0.978. The normalized spacial score (nSPS) is 24.9. The van der Waals surface area contributed by atoms with Crippen LogP contribution >= 0.6 is 0 Å². The monoisotopic (exact) mass is 269 g/mol. The van der Waals surface area contributed by atoms with E-state index in [1.165, 1.54) is 0 Å². The Bertz CT molecular complexity index is 472. The third kappa shape index (κ3) is 3.10. The Morgan fingerprint density at radius 1 is 1.33 bits per heavy atom. The van der Waals surface area contributed by atoms with Crippen LogP contribution < -0.4 is 5.32 Å². The Hall–Kier alpha value is -0.910. The van der Waals surface area contributed by atoms with Crippen molar-refractivity contribution in [2.24, 2.45) is 0 Å². The molecule has 4 nitrogen and oxygen atoms in total. The molecule has 0 aliphatic carbocycles. The minimum absolute atomic E-state index is 0.00698. The third-order valence-electron chi connectivity index (χ3n) is 3.35. The highest BCUT2D eigenvalue weighted by Gasteiger charge is 2.35. The van der Waals surface area contributed by atoms with Gasteiger partial charge in [-0.25, -0.2) is 8.42 Å². The lowest BCUT2D eigenvalue weighted by atomic mass is 10.1. The topological polar surface area (TPSA) is 55.4 Å². The zero-order valence-corrected chi connectivity index (χ0v) is 11.3. The summed E-state index contributed by atoms with van der Waals surface area (Å²) in [6.07, 6.45) is 0.745. The molecule has 100 valence electrons. The smallest absolute Gasteiger partial charge is 0.161 e. The van der Waals surface area contributed by atoms with Gasteiger partial charge in [0.2, 0.25) is 0 Å². The van der Waals surface area contributed by atoms with E-state index in [-0.39, 0.29) is 11.8 Å². The van der Waals surface area contributed by atoms with Crippen molar-refractivity contribution in [2.75, 3.05) is 20.3 Å². The maximum absolute atomic E-state index is 12.4. The first-order valence-electron chi connectivity index (χ1n) is 6.14. The lowest BCUT2D eigenvalue weighted by Crippen LogP contribution is -2.49. The molecule has 1 saturated heterocycles. The van der Waals surface area contributed by atoms with E-state index < -0.39 is 15.1 Å². The number of ether oxygens (including phenoxy) is 1. The molecule has 1 aromatic rings. The summed E-state index contributed by atoms with van der Waals surface area (Å²) in [4.78, 5) is 0. The molecule has 0 radical (unpaired) electrons. The molecule has 18 heavy (non-hydrogen) atoms. The van der Waals surface area contributed by atoms with Crippen LogP contribution in [0.5, 0.6) is 0 Å². The molecule has 0 spiro atoms. The minimum atomic E-state index is -3.19. The van der Waals surface area contributed by atoms with Crippen LogP contribution in [0.4, 0.5) is 0 Å². The van der Waals surface area contributed by atoms with Crippen LogP contribution in [0.2, 0.25) is 0 Å². The predicted molar refractivity (Wildman–Crippen MR) is 71.1 cm³/mol. The fourth-order valence-electron chi connectivity index (χ4n) is 2.31. The number of hydrogen-bond donors (Lipinski definition) is 1. The molecular formula is C13H19NO3S. The zero-order chi connectivity index (χ0) is 13.0. The van der Waals surface area contributed by atoms with Crippen molar-refractivity contribution in [1.29, 1.82) is 0 Å². The van der Waals surface area contributed by atoms with Gasteiger partial charge in [-0.3, -0.25) is 0 Å². The Kier molecular flexibility index (Phi) is 4.37. The fraction of sp³-hybridized carbons (Fsp3) is 0.538. The molecule has 1 aliphatic rings. The first-order chi connectivity index (χ1) is 8.63. The zero-order valence-electron chi connectivity index (χ0n) is 10.5. The van der Waals surface area contributed by atoms with Gasteiger partial charge in [0.15, 0.2) is 9.84 Å². The van der Waals surface area contributed by atoms with Crippen LogP contribution in [-0.4, -0.2) is 40.0 Å². The molecule has 2 atom stereocenters. The van der Waals surface area contributed by atoms with Gasteiger partial charge in [-0.2, -0.15) is 0 Å². The third-order valence-corrected chi connectivity index (χ3v) is 5.47. The molecule has 5 heteroatoms. The van der Waals surface area contributed by atoms with Gasteiger partial charge in [-0.05, 0) is 19.0 Å². The van der Waals surface area contributed by atoms with Crippen molar-refractivity contribution in [1.82, 2.24) is 5.32 Å². The molecule has 1 aliphatic heterocycles. The van der Waals surface area contributed by atoms with Crippen LogP contribution in [0.15, 0.2) is 30.3 Å². The molecule has 1 fully saturated rings. The molecule has 1 heterocycles. The SMILES string of the molecule is CNC1CCOCC1S(=O)(=O)Cc1ccccc1. The van der Waals surface area contributed by atoms with Crippen LogP contribution in [0, 0.1) is 0 Å². The molecule has 2 rings (SSSR count).